The number of rotatable bonds is 2. The van der Waals surface area contributed by atoms with Gasteiger partial charge in [0.05, 0.1) is 13.2 Å². The highest BCUT2D eigenvalue weighted by atomic mass is 19.3. The van der Waals surface area contributed by atoms with Crippen molar-refractivity contribution in [1.29, 1.82) is 0 Å². The van der Waals surface area contributed by atoms with E-state index in [9.17, 15) is 13.6 Å². The molecule has 0 saturated carbocycles. The Morgan fingerprint density at radius 3 is 2.54 bits per heavy atom. The Labute approximate surface area is 75.4 Å². The molecule has 1 aliphatic heterocycles. The first-order valence-electron chi connectivity index (χ1n) is 4.20. The molecule has 1 atom stereocenters. The molecule has 13 heavy (non-hydrogen) atoms. The fourth-order valence-corrected chi connectivity index (χ4v) is 1.31. The van der Waals surface area contributed by atoms with Gasteiger partial charge in [-0.3, -0.25) is 4.79 Å². The summed E-state index contributed by atoms with van der Waals surface area (Å²) in [6.07, 6.45) is 0. The molecule has 1 unspecified atom stereocenters. The van der Waals surface area contributed by atoms with Gasteiger partial charge in [-0.05, 0) is 13.8 Å². The first-order valence-corrected chi connectivity index (χ1v) is 4.20. The van der Waals surface area contributed by atoms with Crippen LogP contribution in [0.4, 0.5) is 8.78 Å². The number of hydrogen-bond donors (Lipinski definition) is 1. The van der Waals surface area contributed by atoms with Gasteiger partial charge in [0.15, 0.2) is 0 Å². The van der Waals surface area contributed by atoms with Crippen molar-refractivity contribution in [3.63, 3.8) is 0 Å². The topological polar surface area (TPSA) is 38.3 Å². The number of hydrogen-bond acceptors (Lipinski definition) is 3. The van der Waals surface area contributed by atoms with Gasteiger partial charge in [-0.15, -0.1) is 0 Å². The number of carbonyl (C=O) groups excluding carboxylic acids is 1. The molecule has 76 valence electrons. The van der Waals surface area contributed by atoms with E-state index in [2.05, 4.69) is 10.1 Å². The third-order valence-corrected chi connectivity index (χ3v) is 2.36. The molecule has 1 rings (SSSR count). The van der Waals surface area contributed by atoms with Gasteiger partial charge in [-0.25, -0.2) is 8.78 Å². The molecule has 1 N–H and O–H groups in total. The number of halogens is 2. The summed E-state index contributed by atoms with van der Waals surface area (Å²) in [5.41, 5.74) is -1.71. The van der Waals surface area contributed by atoms with Gasteiger partial charge in [-0.2, -0.15) is 0 Å². The normalized spacial score (nSPS) is 31.7. The lowest BCUT2D eigenvalue weighted by atomic mass is 9.86. The maximum atomic E-state index is 13.2. The van der Waals surface area contributed by atoms with E-state index in [0.29, 0.717) is 0 Å². The van der Waals surface area contributed by atoms with Crippen LogP contribution in [0.15, 0.2) is 0 Å². The third-order valence-electron chi connectivity index (χ3n) is 2.36. The highest BCUT2D eigenvalue weighted by molar-refractivity contribution is 5.78. The first-order chi connectivity index (χ1) is 5.94. The molecule has 0 aromatic heterocycles. The Kier molecular flexibility index (Phi) is 2.56. The summed E-state index contributed by atoms with van der Waals surface area (Å²) in [6.45, 7) is 2.47. The van der Waals surface area contributed by atoms with Gasteiger partial charge in [-0.1, -0.05) is 0 Å². The SMILES string of the molecule is CCOC(=O)C1(C)CNCC1(F)F. The van der Waals surface area contributed by atoms with Gasteiger partial charge in [0.25, 0.3) is 5.92 Å². The van der Waals surface area contributed by atoms with Gasteiger partial charge < -0.3 is 10.1 Å². The minimum atomic E-state index is -3.01. The van der Waals surface area contributed by atoms with E-state index in [0.717, 1.165) is 0 Å². The summed E-state index contributed by atoms with van der Waals surface area (Å²) < 4.78 is 31.0. The summed E-state index contributed by atoms with van der Waals surface area (Å²) in [6, 6.07) is 0. The highest BCUT2D eigenvalue weighted by Crippen LogP contribution is 2.40. The molecule has 1 aliphatic rings. The van der Waals surface area contributed by atoms with E-state index in [4.69, 9.17) is 0 Å². The lowest BCUT2D eigenvalue weighted by molar-refractivity contribution is -0.171. The van der Waals surface area contributed by atoms with E-state index in [1.165, 1.54) is 6.92 Å². The fourth-order valence-electron chi connectivity index (χ4n) is 1.31. The third kappa shape index (κ3) is 1.52. The maximum absolute atomic E-state index is 13.2. The quantitative estimate of drug-likeness (QED) is 0.659. The van der Waals surface area contributed by atoms with E-state index in [1.54, 1.807) is 6.92 Å². The van der Waals surface area contributed by atoms with Crippen molar-refractivity contribution in [2.45, 2.75) is 19.8 Å². The van der Waals surface area contributed by atoms with Crippen LogP contribution in [0.2, 0.25) is 0 Å². The lowest BCUT2D eigenvalue weighted by Gasteiger charge is -2.27. The van der Waals surface area contributed by atoms with Crippen LogP contribution >= 0.6 is 0 Å². The molecule has 3 nitrogen and oxygen atoms in total. The second-order valence-corrected chi connectivity index (χ2v) is 3.36. The van der Waals surface area contributed by atoms with E-state index in [-0.39, 0.29) is 13.2 Å². The number of carbonyl (C=O) groups is 1. The van der Waals surface area contributed by atoms with E-state index >= 15 is 0 Å². The zero-order valence-corrected chi connectivity index (χ0v) is 7.69. The molecule has 0 bridgehead atoms. The van der Waals surface area contributed by atoms with Crippen LogP contribution in [0.3, 0.4) is 0 Å². The Balaban J connectivity index is 2.80. The van der Waals surface area contributed by atoms with Crippen molar-refractivity contribution in [3.05, 3.63) is 0 Å². The standard InChI is InChI=1S/C8H13F2NO2/c1-3-13-6(12)7(2)4-11-5-8(7,9)10/h11H,3-5H2,1-2H3. The molecule has 1 fully saturated rings. The Morgan fingerprint density at radius 2 is 2.15 bits per heavy atom. The summed E-state index contributed by atoms with van der Waals surface area (Å²) in [7, 11) is 0. The van der Waals surface area contributed by atoms with Crippen molar-refractivity contribution in [2.75, 3.05) is 19.7 Å². The van der Waals surface area contributed by atoms with Crippen LogP contribution in [0.1, 0.15) is 13.8 Å². The molecule has 0 aromatic rings. The van der Waals surface area contributed by atoms with Gasteiger partial charge in [0.1, 0.15) is 5.41 Å². The molecule has 0 aromatic carbocycles. The van der Waals surface area contributed by atoms with Crippen molar-refractivity contribution < 1.29 is 18.3 Å². The Bertz CT molecular complexity index is 220. The van der Waals surface area contributed by atoms with Crippen LogP contribution in [0.5, 0.6) is 0 Å². The predicted octanol–water partition coefficient (Wildman–Crippen LogP) is 0.794. The molecule has 0 amide bonds. The van der Waals surface area contributed by atoms with E-state index < -0.39 is 23.9 Å². The van der Waals surface area contributed by atoms with Crippen molar-refractivity contribution in [3.8, 4) is 0 Å². The van der Waals surface area contributed by atoms with Crippen molar-refractivity contribution in [2.24, 2.45) is 5.41 Å². The monoisotopic (exact) mass is 193 g/mol. The number of alkyl halides is 2. The van der Waals surface area contributed by atoms with Gasteiger partial charge >= 0.3 is 5.97 Å². The first kappa shape index (κ1) is 10.4. The molecule has 0 radical (unpaired) electrons. The molecule has 5 heteroatoms. The molecule has 1 heterocycles. The molecule has 1 saturated heterocycles. The Hall–Kier alpha value is -0.710. The second-order valence-electron chi connectivity index (χ2n) is 3.36. The van der Waals surface area contributed by atoms with Crippen LogP contribution in [-0.4, -0.2) is 31.6 Å². The van der Waals surface area contributed by atoms with Gasteiger partial charge in [0.2, 0.25) is 0 Å². The zero-order valence-electron chi connectivity index (χ0n) is 7.69. The minimum Gasteiger partial charge on any atom is -0.465 e. The van der Waals surface area contributed by atoms with Crippen molar-refractivity contribution >= 4 is 5.97 Å². The lowest BCUT2D eigenvalue weighted by Crippen LogP contribution is -2.45. The van der Waals surface area contributed by atoms with Crippen LogP contribution < -0.4 is 5.32 Å². The molecule has 0 aliphatic carbocycles. The van der Waals surface area contributed by atoms with Crippen LogP contribution in [0.25, 0.3) is 0 Å². The minimum absolute atomic E-state index is 0.0289. The molecule has 0 spiro atoms. The highest BCUT2D eigenvalue weighted by Gasteiger charge is 2.59. The van der Waals surface area contributed by atoms with Crippen molar-refractivity contribution in [1.82, 2.24) is 5.32 Å². The summed E-state index contributed by atoms with van der Waals surface area (Å²) >= 11 is 0. The smallest absolute Gasteiger partial charge is 0.319 e. The summed E-state index contributed by atoms with van der Waals surface area (Å²) in [4.78, 5) is 11.2. The Morgan fingerprint density at radius 1 is 1.54 bits per heavy atom. The largest absolute Gasteiger partial charge is 0.465 e. The zero-order chi connectivity index (χ0) is 10.1. The summed E-state index contributed by atoms with van der Waals surface area (Å²) in [5, 5.41) is 2.49. The fraction of sp³-hybridized carbons (Fsp3) is 0.875. The van der Waals surface area contributed by atoms with Crippen LogP contribution in [-0.2, 0) is 9.53 Å². The van der Waals surface area contributed by atoms with Crippen LogP contribution in [0, 0.1) is 5.41 Å². The van der Waals surface area contributed by atoms with E-state index in [1.807, 2.05) is 0 Å². The number of ether oxygens (including phenoxy) is 1. The molecular weight excluding hydrogens is 180 g/mol. The molecular formula is C8H13F2NO2. The average molecular weight is 193 g/mol. The number of esters is 1. The predicted molar refractivity (Wildman–Crippen MR) is 42.6 cm³/mol. The van der Waals surface area contributed by atoms with Gasteiger partial charge in [0, 0.05) is 6.54 Å². The second kappa shape index (κ2) is 3.21. The average Bonchev–Trinajstić information content (AvgIpc) is 2.28. The summed E-state index contributed by atoms with van der Waals surface area (Å²) in [5.74, 6) is -3.84. The maximum Gasteiger partial charge on any atom is 0.319 e. The number of nitrogens with one attached hydrogen (secondary N) is 1.